The lowest BCUT2D eigenvalue weighted by Crippen LogP contribution is -2.46. The molecule has 0 aromatic heterocycles. The van der Waals surface area contributed by atoms with Gasteiger partial charge >= 0.3 is 0 Å². The maximum absolute atomic E-state index is 9.34. The first-order valence-electron chi connectivity index (χ1n) is 6.20. The van der Waals surface area contributed by atoms with Gasteiger partial charge in [-0.3, -0.25) is 0 Å². The van der Waals surface area contributed by atoms with Gasteiger partial charge in [-0.25, -0.2) is 0 Å². The second-order valence-electron chi connectivity index (χ2n) is 6.24. The smallest absolute Gasteiger partial charge is 0.192 e. The van der Waals surface area contributed by atoms with Crippen LogP contribution >= 0.6 is 9.12 Å². The van der Waals surface area contributed by atoms with Crippen molar-refractivity contribution in [3.63, 3.8) is 0 Å². The van der Waals surface area contributed by atoms with Gasteiger partial charge in [0.1, 0.15) is 6.10 Å². The molecule has 1 aliphatic heterocycles. The summed E-state index contributed by atoms with van der Waals surface area (Å²) in [7, 11) is 0.794. The molecule has 17 heavy (non-hydrogen) atoms. The van der Waals surface area contributed by atoms with Crippen LogP contribution in [0.2, 0.25) is 18.1 Å². The van der Waals surface area contributed by atoms with Gasteiger partial charge in [0.15, 0.2) is 15.3 Å². The summed E-state index contributed by atoms with van der Waals surface area (Å²) < 4.78 is 12.0. The van der Waals surface area contributed by atoms with Gasteiger partial charge in [-0.2, -0.15) is 9.12 Å². The zero-order valence-corrected chi connectivity index (χ0v) is 13.7. The van der Waals surface area contributed by atoms with E-state index in [2.05, 4.69) is 43.0 Å². The average Bonchev–Trinajstić information content (AvgIpc) is 2.58. The molecule has 0 saturated carbocycles. The molecule has 2 unspecified atom stereocenters. The van der Waals surface area contributed by atoms with Crippen molar-refractivity contribution in [1.82, 2.24) is 0 Å². The summed E-state index contributed by atoms with van der Waals surface area (Å²) in [6, 6.07) is 0.0897. The van der Waals surface area contributed by atoms with Gasteiger partial charge in [0.2, 0.25) is 0 Å². The maximum atomic E-state index is 9.34. The molecule has 1 radical (unpaired) electrons. The van der Waals surface area contributed by atoms with Crippen molar-refractivity contribution < 1.29 is 14.3 Å². The molecule has 0 aromatic carbocycles. The van der Waals surface area contributed by atoms with E-state index in [0.717, 1.165) is 6.42 Å². The van der Waals surface area contributed by atoms with Crippen molar-refractivity contribution in [2.24, 2.45) is 0 Å². The Hall–Kier alpha value is 0.592. The quantitative estimate of drug-likeness (QED) is 0.630. The van der Waals surface area contributed by atoms with Crippen LogP contribution < -0.4 is 0 Å². The molecule has 0 spiro atoms. The van der Waals surface area contributed by atoms with Crippen LogP contribution in [0.4, 0.5) is 0 Å². The van der Waals surface area contributed by atoms with Crippen LogP contribution in [-0.4, -0.2) is 45.2 Å². The lowest BCUT2D eigenvalue weighted by atomic mass is 9.94. The minimum atomic E-state index is -1.78. The highest BCUT2D eigenvalue weighted by Gasteiger charge is 2.44. The minimum Gasteiger partial charge on any atom is -0.411 e. The Morgan fingerprint density at radius 1 is 1.47 bits per heavy atom. The molecule has 3 nitrogen and oxygen atoms in total. The fourth-order valence-electron chi connectivity index (χ4n) is 1.71. The van der Waals surface area contributed by atoms with E-state index in [-0.39, 0.29) is 29.9 Å². The lowest BCUT2D eigenvalue weighted by Gasteiger charge is -2.39. The van der Waals surface area contributed by atoms with Gasteiger partial charge < -0.3 is 14.3 Å². The summed E-state index contributed by atoms with van der Waals surface area (Å²) in [6.07, 6.45) is 0.704. The number of aliphatic hydroxyl groups excluding tert-OH is 1. The van der Waals surface area contributed by atoms with Crippen LogP contribution in [0, 0.1) is 0 Å². The Kier molecular flexibility index (Phi) is 5.25. The first-order valence-corrected chi connectivity index (χ1v) is 9.78. The summed E-state index contributed by atoms with van der Waals surface area (Å²) in [5, 5.41) is 9.53. The van der Waals surface area contributed by atoms with Crippen molar-refractivity contribution in [2.45, 2.75) is 63.5 Å². The Balaban J connectivity index is 2.67. The molecular weight excluding hydrogens is 250 g/mol. The van der Waals surface area contributed by atoms with Gasteiger partial charge in [0, 0.05) is 6.00 Å². The molecule has 0 bridgehead atoms. The van der Waals surface area contributed by atoms with Crippen LogP contribution in [-0.2, 0) is 9.16 Å². The van der Waals surface area contributed by atoms with Gasteiger partial charge in [-0.1, -0.05) is 20.8 Å². The van der Waals surface area contributed by atoms with E-state index >= 15 is 0 Å². The first kappa shape index (κ1) is 15.6. The van der Waals surface area contributed by atoms with E-state index in [1.165, 1.54) is 0 Å². The molecule has 0 aromatic rings. The van der Waals surface area contributed by atoms with E-state index in [1.807, 2.05) is 7.00 Å². The topological polar surface area (TPSA) is 38.7 Å². The third-order valence-electron chi connectivity index (χ3n) is 3.88. The lowest BCUT2D eigenvalue weighted by molar-refractivity contribution is -0.000395. The molecule has 1 heterocycles. The monoisotopic (exact) mass is 275 g/mol. The minimum absolute atomic E-state index is 0.0303. The number of ether oxygens (including phenoxy) is 1. The van der Waals surface area contributed by atoms with Crippen molar-refractivity contribution in [1.29, 1.82) is 0 Å². The fraction of sp³-hybridized carbons (Fsp3) is 1.00. The summed E-state index contributed by atoms with van der Waals surface area (Å²) in [5.74, 6) is 0. The molecule has 6 heteroatoms. The summed E-state index contributed by atoms with van der Waals surface area (Å²) >= 11 is 0. The zero-order chi connectivity index (χ0) is 13.3. The molecule has 0 aliphatic carbocycles. The van der Waals surface area contributed by atoms with Crippen molar-refractivity contribution in [2.75, 3.05) is 6.61 Å². The molecule has 1 fully saturated rings. The molecule has 4 atom stereocenters. The molecule has 1 N–H and O–H groups in total. The summed E-state index contributed by atoms with van der Waals surface area (Å²) in [6.45, 7) is 13.1. The Morgan fingerprint density at radius 3 is 2.47 bits per heavy atom. The molecule has 1 aliphatic rings. The van der Waals surface area contributed by atoms with E-state index < -0.39 is 8.32 Å². The molecular formula is C11H25BO3PSi. The fourth-order valence-corrected chi connectivity index (χ4v) is 3.32. The predicted molar refractivity (Wildman–Crippen MR) is 77.9 cm³/mol. The third kappa shape index (κ3) is 3.77. The van der Waals surface area contributed by atoms with Gasteiger partial charge in [0.25, 0.3) is 0 Å². The van der Waals surface area contributed by atoms with Crippen LogP contribution in [0.25, 0.3) is 0 Å². The molecule has 0 amide bonds. The Bertz CT molecular complexity index is 258. The zero-order valence-electron chi connectivity index (χ0n) is 11.6. The predicted octanol–water partition coefficient (Wildman–Crippen LogP) is 1.98. The highest BCUT2D eigenvalue weighted by Crippen LogP contribution is 2.39. The third-order valence-corrected chi connectivity index (χ3v) is 8.81. The normalized spacial score (nSPS) is 30.6. The van der Waals surface area contributed by atoms with Crippen LogP contribution in [0.1, 0.15) is 27.2 Å². The Labute approximate surface area is 109 Å². The van der Waals surface area contributed by atoms with E-state index in [1.54, 1.807) is 0 Å². The summed E-state index contributed by atoms with van der Waals surface area (Å²) in [4.78, 5) is 0. The number of hydrogen-bond donors (Lipinski definition) is 1. The van der Waals surface area contributed by atoms with Crippen LogP contribution in [0.15, 0.2) is 0 Å². The first-order chi connectivity index (χ1) is 7.71. The highest BCUT2D eigenvalue weighted by atomic mass is 31.0. The SMILES string of the molecule is CC(C)(C)[Si](C)(C)OC1C[C@H]([B]P)O[C@@H]1CO. The average molecular weight is 275 g/mol. The van der Waals surface area contributed by atoms with Crippen LogP contribution in [0.5, 0.6) is 0 Å². The number of rotatable bonds is 4. The standard InChI is InChI=1S/C11H25BO3PSi/c1-11(2,3)17(4,5)15-8-6-10(12-16)14-9(8)7-13/h8-10,13H,6-7,16H2,1-5H3/t8?,9-,10-/m1/s1. The van der Waals surface area contributed by atoms with Gasteiger partial charge in [-0.05, 0) is 24.6 Å². The molecule has 1 rings (SSSR count). The van der Waals surface area contributed by atoms with Crippen LogP contribution in [0.3, 0.4) is 0 Å². The van der Waals surface area contributed by atoms with Crippen molar-refractivity contribution in [3.8, 4) is 0 Å². The van der Waals surface area contributed by atoms with Gasteiger partial charge in [-0.15, -0.1) is 0 Å². The van der Waals surface area contributed by atoms with Gasteiger partial charge in [0.05, 0.1) is 12.7 Å². The molecule has 1 saturated heterocycles. The summed E-state index contributed by atoms with van der Waals surface area (Å²) in [5.41, 5.74) is 0. The second-order valence-corrected chi connectivity index (χ2v) is 11.4. The second kappa shape index (κ2) is 5.70. The largest absolute Gasteiger partial charge is 0.411 e. The highest BCUT2D eigenvalue weighted by molar-refractivity contribution is 7.55. The van der Waals surface area contributed by atoms with E-state index in [4.69, 9.17) is 9.16 Å². The van der Waals surface area contributed by atoms with E-state index in [0.29, 0.717) is 0 Å². The van der Waals surface area contributed by atoms with Crippen molar-refractivity contribution >= 4 is 24.4 Å². The number of aliphatic hydroxyl groups is 1. The van der Waals surface area contributed by atoms with Crippen molar-refractivity contribution in [3.05, 3.63) is 0 Å². The number of hydrogen-bond acceptors (Lipinski definition) is 3. The Morgan fingerprint density at radius 2 is 2.06 bits per heavy atom. The maximum Gasteiger partial charge on any atom is 0.192 e. The molecule has 99 valence electrons. The van der Waals surface area contributed by atoms with E-state index in [9.17, 15) is 5.11 Å².